The molecule has 4 aromatic rings. The molecular formula is C21H20N4O2S2. The predicted octanol–water partition coefficient (Wildman–Crippen LogP) is 5.57. The predicted molar refractivity (Wildman–Crippen MR) is 116 cm³/mol. The van der Waals surface area contributed by atoms with Crippen LogP contribution in [0.3, 0.4) is 0 Å². The van der Waals surface area contributed by atoms with Gasteiger partial charge in [-0.15, -0.1) is 10.2 Å². The number of oxazole rings is 1. The van der Waals surface area contributed by atoms with Crippen LogP contribution in [0.5, 0.6) is 0 Å². The van der Waals surface area contributed by atoms with Gasteiger partial charge < -0.3 is 4.42 Å². The van der Waals surface area contributed by atoms with E-state index in [1.165, 1.54) is 23.1 Å². The lowest BCUT2D eigenvalue weighted by molar-refractivity contribution is 0.102. The Balaban J connectivity index is 1.44. The van der Waals surface area contributed by atoms with Gasteiger partial charge in [0.2, 0.25) is 5.13 Å². The minimum Gasteiger partial charge on any atom is -0.431 e. The van der Waals surface area contributed by atoms with Crippen molar-refractivity contribution in [2.24, 2.45) is 0 Å². The molecule has 2 heterocycles. The van der Waals surface area contributed by atoms with Crippen molar-refractivity contribution in [2.45, 2.75) is 37.2 Å². The number of para-hydroxylation sites is 2. The summed E-state index contributed by atoms with van der Waals surface area (Å²) < 4.78 is 5.76. The van der Waals surface area contributed by atoms with Gasteiger partial charge in [0, 0.05) is 17.7 Å². The van der Waals surface area contributed by atoms with E-state index in [0.717, 1.165) is 40.9 Å². The maximum Gasteiger partial charge on any atom is 0.257 e. The first-order valence-electron chi connectivity index (χ1n) is 9.43. The van der Waals surface area contributed by atoms with Gasteiger partial charge in [0.05, 0.1) is 0 Å². The fourth-order valence-electron chi connectivity index (χ4n) is 2.82. The van der Waals surface area contributed by atoms with E-state index in [2.05, 4.69) is 27.4 Å². The Morgan fingerprint density at radius 1 is 1.14 bits per heavy atom. The van der Waals surface area contributed by atoms with E-state index in [0.29, 0.717) is 21.7 Å². The number of amides is 1. The van der Waals surface area contributed by atoms with Crippen molar-refractivity contribution in [1.82, 2.24) is 15.2 Å². The molecule has 2 aromatic heterocycles. The van der Waals surface area contributed by atoms with Crippen molar-refractivity contribution in [3.8, 4) is 0 Å². The van der Waals surface area contributed by atoms with Crippen LogP contribution >= 0.6 is 23.1 Å². The van der Waals surface area contributed by atoms with Crippen LogP contribution in [-0.4, -0.2) is 21.1 Å². The number of aromatic nitrogens is 3. The standard InChI is InChI=1S/C21H20N4O2S2/c1-2-3-12-18-24-25-20(29-18)23-19(26)15-9-5-4-8-14(15)13-28-21-22-16-10-6-7-11-17(16)27-21/h4-11H,2-3,12-13H2,1H3,(H,23,25,26). The van der Waals surface area contributed by atoms with Crippen LogP contribution in [0.2, 0.25) is 0 Å². The lowest BCUT2D eigenvalue weighted by atomic mass is 10.1. The van der Waals surface area contributed by atoms with Gasteiger partial charge in [-0.05, 0) is 30.2 Å². The third-order valence-corrected chi connectivity index (χ3v) is 6.09. The first-order chi connectivity index (χ1) is 14.2. The van der Waals surface area contributed by atoms with E-state index in [9.17, 15) is 4.79 Å². The summed E-state index contributed by atoms with van der Waals surface area (Å²) in [6.45, 7) is 2.14. The number of nitrogens with one attached hydrogen (secondary N) is 1. The highest BCUT2D eigenvalue weighted by molar-refractivity contribution is 7.98. The van der Waals surface area contributed by atoms with Crippen LogP contribution in [0, 0.1) is 0 Å². The number of carbonyl (C=O) groups is 1. The Hall–Kier alpha value is -2.71. The highest BCUT2D eigenvalue weighted by Gasteiger charge is 2.15. The lowest BCUT2D eigenvalue weighted by Gasteiger charge is -2.07. The van der Waals surface area contributed by atoms with Crippen LogP contribution in [0.15, 0.2) is 58.2 Å². The SMILES string of the molecule is CCCCc1nnc(NC(=O)c2ccccc2CSc2nc3ccccc3o2)s1. The molecule has 6 nitrogen and oxygen atoms in total. The average Bonchev–Trinajstić information content (AvgIpc) is 3.37. The summed E-state index contributed by atoms with van der Waals surface area (Å²) in [4.78, 5) is 17.3. The molecular weight excluding hydrogens is 404 g/mol. The largest absolute Gasteiger partial charge is 0.431 e. The molecule has 0 aliphatic heterocycles. The van der Waals surface area contributed by atoms with Gasteiger partial charge in [0.15, 0.2) is 5.58 Å². The molecule has 1 N–H and O–H groups in total. The second-order valence-electron chi connectivity index (χ2n) is 6.45. The van der Waals surface area contributed by atoms with Crippen LogP contribution in [0.25, 0.3) is 11.1 Å². The summed E-state index contributed by atoms with van der Waals surface area (Å²) in [5.74, 6) is 0.394. The molecule has 0 spiro atoms. The van der Waals surface area contributed by atoms with E-state index in [1.54, 1.807) is 0 Å². The van der Waals surface area contributed by atoms with Gasteiger partial charge in [-0.1, -0.05) is 66.8 Å². The minimum atomic E-state index is -0.183. The zero-order valence-electron chi connectivity index (χ0n) is 15.9. The first-order valence-corrected chi connectivity index (χ1v) is 11.2. The van der Waals surface area contributed by atoms with E-state index >= 15 is 0 Å². The maximum atomic E-state index is 12.8. The van der Waals surface area contributed by atoms with Crippen LogP contribution in [0.1, 0.15) is 40.7 Å². The van der Waals surface area contributed by atoms with Crippen molar-refractivity contribution < 1.29 is 9.21 Å². The average molecular weight is 425 g/mol. The zero-order chi connectivity index (χ0) is 20.1. The highest BCUT2D eigenvalue weighted by Crippen LogP contribution is 2.27. The number of unbranched alkanes of at least 4 members (excludes halogenated alkanes) is 1. The fraction of sp³-hybridized carbons (Fsp3) is 0.238. The van der Waals surface area contributed by atoms with Crippen molar-refractivity contribution >= 4 is 45.2 Å². The van der Waals surface area contributed by atoms with Crippen molar-refractivity contribution in [3.05, 3.63) is 64.7 Å². The lowest BCUT2D eigenvalue weighted by Crippen LogP contribution is -2.13. The number of thioether (sulfide) groups is 1. The summed E-state index contributed by atoms with van der Waals surface area (Å²) in [6.07, 6.45) is 3.06. The molecule has 8 heteroatoms. The van der Waals surface area contributed by atoms with Gasteiger partial charge in [0.1, 0.15) is 10.5 Å². The van der Waals surface area contributed by atoms with E-state index in [1.807, 2.05) is 48.5 Å². The Morgan fingerprint density at radius 2 is 1.97 bits per heavy atom. The molecule has 0 unspecified atom stereocenters. The van der Waals surface area contributed by atoms with Gasteiger partial charge >= 0.3 is 0 Å². The van der Waals surface area contributed by atoms with Crippen molar-refractivity contribution in [3.63, 3.8) is 0 Å². The number of fused-ring (bicyclic) bond motifs is 1. The second kappa shape index (κ2) is 9.19. The van der Waals surface area contributed by atoms with Crippen LogP contribution < -0.4 is 5.32 Å². The third-order valence-electron chi connectivity index (χ3n) is 4.32. The highest BCUT2D eigenvalue weighted by atomic mass is 32.2. The molecule has 0 saturated heterocycles. The normalized spacial score (nSPS) is 11.1. The number of aryl methyl sites for hydroxylation is 1. The van der Waals surface area contributed by atoms with Gasteiger partial charge in [-0.2, -0.15) is 0 Å². The van der Waals surface area contributed by atoms with Crippen molar-refractivity contribution in [2.75, 3.05) is 5.32 Å². The summed E-state index contributed by atoms with van der Waals surface area (Å²) >= 11 is 2.90. The third kappa shape index (κ3) is 4.83. The number of benzene rings is 2. The van der Waals surface area contributed by atoms with Gasteiger partial charge in [-0.3, -0.25) is 10.1 Å². The molecule has 0 aliphatic rings. The summed E-state index contributed by atoms with van der Waals surface area (Å²) in [7, 11) is 0. The summed E-state index contributed by atoms with van der Waals surface area (Å²) in [6, 6.07) is 15.2. The second-order valence-corrected chi connectivity index (χ2v) is 8.44. The first kappa shape index (κ1) is 19.6. The molecule has 0 bridgehead atoms. The van der Waals surface area contributed by atoms with Gasteiger partial charge in [0.25, 0.3) is 11.1 Å². The molecule has 2 aromatic carbocycles. The topological polar surface area (TPSA) is 80.9 Å². The van der Waals surface area contributed by atoms with Crippen LogP contribution in [-0.2, 0) is 12.2 Å². The molecule has 4 rings (SSSR count). The zero-order valence-corrected chi connectivity index (χ0v) is 17.6. The quantitative estimate of drug-likeness (QED) is 0.373. The van der Waals surface area contributed by atoms with Crippen LogP contribution in [0.4, 0.5) is 5.13 Å². The molecule has 29 heavy (non-hydrogen) atoms. The maximum absolute atomic E-state index is 12.8. The Labute approximate surface area is 176 Å². The monoisotopic (exact) mass is 424 g/mol. The summed E-state index contributed by atoms with van der Waals surface area (Å²) in [5, 5.41) is 13.2. The molecule has 0 atom stereocenters. The Morgan fingerprint density at radius 3 is 2.83 bits per heavy atom. The molecule has 0 aliphatic carbocycles. The van der Waals surface area contributed by atoms with Crippen molar-refractivity contribution in [1.29, 1.82) is 0 Å². The number of carbonyl (C=O) groups excluding carboxylic acids is 1. The molecule has 0 radical (unpaired) electrons. The number of rotatable bonds is 8. The Kier molecular flexibility index (Phi) is 6.21. The number of anilines is 1. The van der Waals surface area contributed by atoms with E-state index in [4.69, 9.17) is 4.42 Å². The minimum absolute atomic E-state index is 0.183. The fourth-order valence-corrected chi connectivity index (χ4v) is 4.44. The van der Waals surface area contributed by atoms with Gasteiger partial charge in [-0.25, -0.2) is 4.98 Å². The molecule has 0 fully saturated rings. The molecule has 1 amide bonds. The molecule has 148 valence electrons. The number of nitrogens with zero attached hydrogens (tertiary/aromatic N) is 3. The van der Waals surface area contributed by atoms with E-state index < -0.39 is 0 Å². The smallest absolute Gasteiger partial charge is 0.257 e. The number of hydrogen-bond donors (Lipinski definition) is 1. The summed E-state index contributed by atoms with van der Waals surface area (Å²) in [5.41, 5.74) is 3.11. The Bertz CT molecular complexity index is 1090. The molecule has 0 saturated carbocycles. The van der Waals surface area contributed by atoms with E-state index in [-0.39, 0.29) is 5.91 Å². The number of hydrogen-bond acceptors (Lipinski definition) is 7.